The van der Waals surface area contributed by atoms with E-state index in [2.05, 4.69) is 9.97 Å². The van der Waals surface area contributed by atoms with Crippen molar-refractivity contribution in [3.8, 4) is 11.3 Å². The molecular formula is C23H22N2O4. The first kappa shape index (κ1) is 20.2. The molecule has 0 aliphatic carbocycles. The summed E-state index contributed by atoms with van der Waals surface area (Å²) in [5, 5.41) is 0. The third-order valence-corrected chi connectivity index (χ3v) is 4.40. The van der Waals surface area contributed by atoms with E-state index >= 15 is 0 Å². The highest BCUT2D eigenvalue weighted by molar-refractivity contribution is 5.93. The fourth-order valence-corrected chi connectivity index (χ4v) is 2.92. The first-order chi connectivity index (χ1) is 14.0. The molecule has 2 heterocycles. The Morgan fingerprint density at radius 3 is 2.41 bits per heavy atom. The van der Waals surface area contributed by atoms with Gasteiger partial charge in [-0.25, -0.2) is 9.59 Å². The summed E-state index contributed by atoms with van der Waals surface area (Å²) < 4.78 is 10.6. The van der Waals surface area contributed by atoms with Gasteiger partial charge in [0, 0.05) is 11.8 Å². The molecule has 0 aliphatic heterocycles. The Kier molecular flexibility index (Phi) is 6.34. The molecule has 1 aromatic carbocycles. The molecule has 0 fully saturated rings. The fraction of sp³-hybridized carbons (Fsp3) is 0.217. The van der Waals surface area contributed by atoms with Crippen LogP contribution in [0.15, 0.2) is 60.8 Å². The van der Waals surface area contributed by atoms with E-state index in [1.165, 1.54) is 0 Å². The van der Waals surface area contributed by atoms with E-state index in [1.54, 1.807) is 51.2 Å². The summed E-state index contributed by atoms with van der Waals surface area (Å²) in [4.78, 5) is 34.0. The predicted octanol–water partition coefficient (Wildman–Crippen LogP) is 4.22. The fourth-order valence-electron chi connectivity index (χ4n) is 2.92. The van der Waals surface area contributed by atoms with Crippen LogP contribution in [0.5, 0.6) is 0 Å². The van der Waals surface area contributed by atoms with Gasteiger partial charge in [0.15, 0.2) is 0 Å². The molecule has 0 N–H and O–H groups in total. The molecule has 0 saturated heterocycles. The summed E-state index contributed by atoms with van der Waals surface area (Å²) in [6, 6.07) is 16.6. The first-order valence-corrected chi connectivity index (χ1v) is 9.33. The number of ether oxygens (including phenoxy) is 2. The molecule has 6 nitrogen and oxygen atoms in total. The molecule has 2 aromatic heterocycles. The van der Waals surface area contributed by atoms with E-state index in [9.17, 15) is 9.59 Å². The van der Waals surface area contributed by atoms with Crippen LogP contribution in [0.2, 0.25) is 0 Å². The highest BCUT2D eigenvalue weighted by atomic mass is 16.6. The topological polar surface area (TPSA) is 78.4 Å². The monoisotopic (exact) mass is 390 g/mol. The van der Waals surface area contributed by atoms with E-state index in [-0.39, 0.29) is 12.2 Å². The maximum Gasteiger partial charge on any atom is 0.353 e. The Morgan fingerprint density at radius 1 is 1.00 bits per heavy atom. The van der Waals surface area contributed by atoms with Crippen molar-refractivity contribution < 1.29 is 19.1 Å². The van der Waals surface area contributed by atoms with Gasteiger partial charge in [-0.15, -0.1) is 0 Å². The maximum absolute atomic E-state index is 12.8. The van der Waals surface area contributed by atoms with Gasteiger partial charge in [-0.2, -0.15) is 0 Å². The van der Waals surface area contributed by atoms with E-state index in [0.29, 0.717) is 11.4 Å². The summed E-state index contributed by atoms with van der Waals surface area (Å²) >= 11 is 0. The molecule has 29 heavy (non-hydrogen) atoms. The number of carbonyl (C=O) groups excluding carboxylic acids is 2. The van der Waals surface area contributed by atoms with E-state index in [4.69, 9.17) is 9.47 Å². The molecule has 3 rings (SSSR count). The second-order valence-electron chi connectivity index (χ2n) is 6.44. The van der Waals surface area contributed by atoms with Crippen molar-refractivity contribution in [2.45, 2.75) is 26.9 Å². The molecule has 0 amide bonds. The lowest BCUT2D eigenvalue weighted by Crippen LogP contribution is -2.24. The Balaban J connectivity index is 1.88. The standard InChI is InChI=1S/C23H22N2O4/c1-4-28-23(27)21(20-15(2)9-8-14-24-20)29-22(26)18-12-13-19(25-16(18)3)17-10-6-5-7-11-17/h5-14,21H,4H2,1-3H3/t21-/m0/s1. The van der Waals surface area contributed by atoms with Crippen molar-refractivity contribution in [3.05, 3.63) is 83.3 Å². The number of nitrogens with zero attached hydrogens (tertiary/aromatic N) is 2. The molecule has 0 aliphatic rings. The van der Waals surface area contributed by atoms with Crippen molar-refractivity contribution in [1.82, 2.24) is 9.97 Å². The largest absolute Gasteiger partial charge is 0.463 e. The molecule has 0 unspecified atom stereocenters. The van der Waals surface area contributed by atoms with Gasteiger partial charge in [-0.3, -0.25) is 9.97 Å². The number of hydrogen-bond acceptors (Lipinski definition) is 6. The van der Waals surface area contributed by atoms with Crippen LogP contribution in [-0.4, -0.2) is 28.5 Å². The summed E-state index contributed by atoms with van der Waals surface area (Å²) in [5.74, 6) is -1.31. The van der Waals surface area contributed by atoms with Crippen LogP contribution in [0.25, 0.3) is 11.3 Å². The SMILES string of the molecule is CCOC(=O)[C@@H](OC(=O)c1ccc(-c2ccccc2)nc1C)c1ncccc1C. The smallest absolute Gasteiger partial charge is 0.353 e. The van der Waals surface area contributed by atoms with E-state index in [0.717, 1.165) is 16.8 Å². The molecule has 0 saturated carbocycles. The molecule has 6 heteroatoms. The van der Waals surface area contributed by atoms with Gasteiger partial charge in [0.2, 0.25) is 6.10 Å². The van der Waals surface area contributed by atoms with Crippen LogP contribution in [0.1, 0.15) is 40.3 Å². The number of pyridine rings is 2. The second-order valence-corrected chi connectivity index (χ2v) is 6.44. The van der Waals surface area contributed by atoms with E-state index < -0.39 is 18.0 Å². The lowest BCUT2D eigenvalue weighted by molar-refractivity contribution is -0.154. The van der Waals surface area contributed by atoms with Crippen LogP contribution in [0, 0.1) is 13.8 Å². The average Bonchev–Trinajstić information content (AvgIpc) is 2.73. The molecule has 3 aromatic rings. The van der Waals surface area contributed by atoms with Gasteiger partial charge in [0.25, 0.3) is 0 Å². The lowest BCUT2D eigenvalue weighted by Gasteiger charge is -2.18. The number of carbonyl (C=O) groups is 2. The minimum atomic E-state index is -1.24. The number of esters is 2. The molecule has 0 radical (unpaired) electrons. The maximum atomic E-state index is 12.8. The van der Waals surface area contributed by atoms with Crippen LogP contribution < -0.4 is 0 Å². The zero-order valence-electron chi connectivity index (χ0n) is 16.6. The predicted molar refractivity (Wildman–Crippen MR) is 108 cm³/mol. The van der Waals surface area contributed by atoms with Crippen LogP contribution >= 0.6 is 0 Å². The highest BCUT2D eigenvalue weighted by Gasteiger charge is 2.30. The molecule has 148 valence electrons. The number of rotatable bonds is 6. The van der Waals surface area contributed by atoms with Crippen molar-refractivity contribution in [2.75, 3.05) is 6.61 Å². The quantitative estimate of drug-likeness (QED) is 0.587. The Hall–Kier alpha value is -3.54. The Morgan fingerprint density at radius 2 is 1.76 bits per heavy atom. The van der Waals surface area contributed by atoms with Crippen molar-refractivity contribution in [2.24, 2.45) is 0 Å². The van der Waals surface area contributed by atoms with Crippen molar-refractivity contribution in [1.29, 1.82) is 0 Å². The summed E-state index contributed by atoms with van der Waals surface area (Å²) in [5.41, 5.74) is 3.58. The highest BCUT2D eigenvalue weighted by Crippen LogP contribution is 2.24. The van der Waals surface area contributed by atoms with Gasteiger partial charge in [0.05, 0.1) is 29.3 Å². The summed E-state index contributed by atoms with van der Waals surface area (Å²) in [7, 11) is 0. The third kappa shape index (κ3) is 4.66. The van der Waals surface area contributed by atoms with Gasteiger partial charge >= 0.3 is 11.9 Å². The van der Waals surface area contributed by atoms with E-state index in [1.807, 2.05) is 30.3 Å². The molecular weight excluding hydrogens is 368 g/mol. The van der Waals surface area contributed by atoms with Gasteiger partial charge in [-0.05, 0) is 44.5 Å². The average molecular weight is 390 g/mol. The summed E-state index contributed by atoms with van der Waals surface area (Å²) in [6.45, 7) is 5.39. The number of benzene rings is 1. The molecule has 0 spiro atoms. The first-order valence-electron chi connectivity index (χ1n) is 9.33. The van der Waals surface area contributed by atoms with Gasteiger partial charge in [-0.1, -0.05) is 36.4 Å². The van der Waals surface area contributed by atoms with Crippen LogP contribution in [-0.2, 0) is 14.3 Å². The Bertz CT molecular complexity index is 1020. The Labute approximate surface area is 169 Å². The number of aromatic nitrogens is 2. The normalized spacial score (nSPS) is 11.6. The van der Waals surface area contributed by atoms with Crippen molar-refractivity contribution in [3.63, 3.8) is 0 Å². The minimum absolute atomic E-state index is 0.172. The zero-order valence-corrected chi connectivity index (χ0v) is 16.6. The van der Waals surface area contributed by atoms with Gasteiger partial charge in [0.1, 0.15) is 0 Å². The zero-order chi connectivity index (χ0) is 20.8. The molecule has 0 bridgehead atoms. The lowest BCUT2D eigenvalue weighted by atomic mass is 10.1. The van der Waals surface area contributed by atoms with Gasteiger partial charge < -0.3 is 9.47 Å². The van der Waals surface area contributed by atoms with Crippen LogP contribution in [0.4, 0.5) is 0 Å². The number of hydrogen-bond donors (Lipinski definition) is 0. The second kappa shape index (κ2) is 9.10. The molecule has 1 atom stereocenters. The number of aryl methyl sites for hydroxylation is 2. The third-order valence-electron chi connectivity index (χ3n) is 4.40. The minimum Gasteiger partial charge on any atom is -0.463 e. The van der Waals surface area contributed by atoms with Crippen LogP contribution in [0.3, 0.4) is 0 Å². The summed E-state index contributed by atoms with van der Waals surface area (Å²) in [6.07, 6.45) is 0.306. The van der Waals surface area contributed by atoms with Crippen molar-refractivity contribution >= 4 is 11.9 Å².